The van der Waals surface area contributed by atoms with E-state index in [1.165, 1.54) is 0 Å². The van der Waals surface area contributed by atoms with Crippen molar-refractivity contribution in [2.75, 3.05) is 20.2 Å². The molecule has 1 aliphatic carbocycles. The first-order valence-electron chi connectivity index (χ1n) is 4.83. The topological polar surface area (TPSA) is 50.9 Å². The summed E-state index contributed by atoms with van der Waals surface area (Å²) in [5, 5.41) is 0. The van der Waals surface area contributed by atoms with Crippen molar-refractivity contribution in [3.8, 4) is 0 Å². The van der Waals surface area contributed by atoms with E-state index in [0.717, 1.165) is 26.0 Å². The Kier molecular flexibility index (Phi) is 1.95. The Bertz CT molecular complexity index is 233. The van der Waals surface area contributed by atoms with Gasteiger partial charge in [0.1, 0.15) is 0 Å². The van der Waals surface area contributed by atoms with Gasteiger partial charge in [0.25, 0.3) is 0 Å². The molecule has 1 saturated carbocycles. The number of hydrogen-bond acceptors (Lipinski definition) is 4. The number of likely N-dealkylation sites (N-methyl/N-ethyl adjacent to an activating group) is 1. The summed E-state index contributed by atoms with van der Waals surface area (Å²) in [4.78, 5) is 6.35. The molecule has 0 unspecified atom stereocenters. The van der Waals surface area contributed by atoms with Crippen LogP contribution in [0.4, 0.5) is 0 Å². The maximum Gasteiger partial charge on any atom is 0.191 e. The molecule has 74 valence electrons. The SMILES string of the molecule is CCOC1CC2(CN=C(N)N2C)C1. The van der Waals surface area contributed by atoms with Crippen LogP contribution in [0.25, 0.3) is 0 Å². The van der Waals surface area contributed by atoms with E-state index in [-0.39, 0.29) is 5.54 Å². The van der Waals surface area contributed by atoms with Gasteiger partial charge in [0.15, 0.2) is 5.96 Å². The van der Waals surface area contributed by atoms with E-state index in [2.05, 4.69) is 9.89 Å². The highest BCUT2D eigenvalue weighted by Crippen LogP contribution is 2.41. The second-order valence-electron chi connectivity index (χ2n) is 3.94. The molecule has 0 aromatic carbocycles. The van der Waals surface area contributed by atoms with E-state index in [9.17, 15) is 0 Å². The van der Waals surface area contributed by atoms with Gasteiger partial charge in [0.2, 0.25) is 0 Å². The van der Waals surface area contributed by atoms with Crippen molar-refractivity contribution in [2.24, 2.45) is 10.7 Å². The Balaban J connectivity index is 1.91. The van der Waals surface area contributed by atoms with Crippen molar-refractivity contribution >= 4 is 5.96 Å². The first-order chi connectivity index (χ1) is 6.18. The summed E-state index contributed by atoms with van der Waals surface area (Å²) < 4.78 is 5.53. The van der Waals surface area contributed by atoms with E-state index < -0.39 is 0 Å². The second kappa shape index (κ2) is 2.87. The molecule has 2 aliphatic rings. The van der Waals surface area contributed by atoms with E-state index in [1.54, 1.807) is 0 Å². The molecule has 4 heteroatoms. The van der Waals surface area contributed by atoms with Gasteiger partial charge in [-0.2, -0.15) is 0 Å². The fourth-order valence-corrected chi connectivity index (χ4v) is 2.23. The summed E-state index contributed by atoms with van der Waals surface area (Å²) >= 11 is 0. The van der Waals surface area contributed by atoms with Gasteiger partial charge in [-0.1, -0.05) is 0 Å². The molecule has 0 bridgehead atoms. The number of rotatable bonds is 2. The first-order valence-corrected chi connectivity index (χ1v) is 4.83. The largest absolute Gasteiger partial charge is 0.378 e. The number of ether oxygens (including phenoxy) is 1. The molecule has 0 aromatic rings. The van der Waals surface area contributed by atoms with Gasteiger partial charge in [-0.15, -0.1) is 0 Å². The lowest BCUT2D eigenvalue weighted by molar-refractivity contribution is -0.0678. The molecule has 1 fully saturated rings. The Hall–Kier alpha value is -0.770. The fraction of sp³-hybridized carbons (Fsp3) is 0.889. The zero-order valence-corrected chi connectivity index (χ0v) is 8.29. The van der Waals surface area contributed by atoms with Crippen LogP contribution in [0.15, 0.2) is 4.99 Å². The lowest BCUT2D eigenvalue weighted by Gasteiger charge is -2.49. The summed E-state index contributed by atoms with van der Waals surface area (Å²) in [6.07, 6.45) is 2.57. The third-order valence-electron chi connectivity index (χ3n) is 3.21. The van der Waals surface area contributed by atoms with Gasteiger partial charge in [-0.25, -0.2) is 0 Å². The normalized spacial score (nSPS) is 37.8. The van der Waals surface area contributed by atoms with Crippen molar-refractivity contribution in [3.63, 3.8) is 0 Å². The van der Waals surface area contributed by atoms with E-state index >= 15 is 0 Å². The smallest absolute Gasteiger partial charge is 0.191 e. The number of hydrogen-bond donors (Lipinski definition) is 1. The molecule has 0 saturated heterocycles. The predicted octanol–water partition coefficient (Wildman–Crippen LogP) is 0.184. The van der Waals surface area contributed by atoms with Crippen molar-refractivity contribution in [2.45, 2.75) is 31.4 Å². The van der Waals surface area contributed by atoms with Crippen LogP contribution in [0.1, 0.15) is 19.8 Å². The second-order valence-corrected chi connectivity index (χ2v) is 3.94. The molecule has 2 N–H and O–H groups in total. The molecule has 13 heavy (non-hydrogen) atoms. The van der Waals surface area contributed by atoms with Crippen LogP contribution >= 0.6 is 0 Å². The highest BCUT2D eigenvalue weighted by atomic mass is 16.5. The van der Waals surface area contributed by atoms with Crippen LogP contribution < -0.4 is 5.73 Å². The molecule has 0 amide bonds. The Morgan fingerprint density at radius 3 is 2.85 bits per heavy atom. The average molecular weight is 183 g/mol. The lowest BCUT2D eigenvalue weighted by atomic mass is 9.73. The monoisotopic (exact) mass is 183 g/mol. The van der Waals surface area contributed by atoms with Crippen molar-refractivity contribution in [1.82, 2.24) is 4.90 Å². The van der Waals surface area contributed by atoms with Crippen molar-refractivity contribution in [3.05, 3.63) is 0 Å². The van der Waals surface area contributed by atoms with Gasteiger partial charge >= 0.3 is 0 Å². The maximum absolute atomic E-state index is 5.72. The molecule has 1 heterocycles. The van der Waals surface area contributed by atoms with Crippen molar-refractivity contribution in [1.29, 1.82) is 0 Å². The Morgan fingerprint density at radius 1 is 1.69 bits per heavy atom. The van der Waals surface area contributed by atoms with E-state index in [4.69, 9.17) is 10.5 Å². The van der Waals surface area contributed by atoms with Crippen molar-refractivity contribution < 1.29 is 4.74 Å². The lowest BCUT2D eigenvalue weighted by Crippen LogP contribution is -2.60. The molecule has 2 rings (SSSR count). The molecular weight excluding hydrogens is 166 g/mol. The third-order valence-corrected chi connectivity index (χ3v) is 3.21. The van der Waals surface area contributed by atoms with E-state index in [0.29, 0.717) is 12.1 Å². The highest BCUT2D eigenvalue weighted by Gasteiger charge is 2.51. The van der Waals surface area contributed by atoms with Crippen LogP contribution in [-0.2, 0) is 4.74 Å². The Morgan fingerprint density at radius 2 is 2.38 bits per heavy atom. The van der Waals surface area contributed by atoms with Crippen LogP contribution in [0.2, 0.25) is 0 Å². The zero-order valence-electron chi connectivity index (χ0n) is 8.29. The van der Waals surface area contributed by atoms with Crippen LogP contribution in [0, 0.1) is 0 Å². The molecular formula is C9H17N3O. The number of nitrogens with two attached hydrogens (primary N) is 1. The first kappa shape index (κ1) is 8.81. The average Bonchev–Trinajstić information content (AvgIpc) is 2.32. The number of nitrogens with zero attached hydrogens (tertiary/aromatic N) is 2. The molecule has 0 aromatic heterocycles. The van der Waals surface area contributed by atoms with Gasteiger partial charge in [-0.3, -0.25) is 4.99 Å². The van der Waals surface area contributed by atoms with Gasteiger partial charge in [-0.05, 0) is 19.8 Å². The van der Waals surface area contributed by atoms with E-state index in [1.807, 2.05) is 14.0 Å². The summed E-state index contributed by atoms with van der Waals surface area (Å²) in [5.41, 5.74) is 5.92. The minimum atomic E-state index is 0.198. The molecule has 1 aliphatic heterocycles. The zero-order chi connectivity index (χ0) is 9.47. The standard InChI is InChI=1S/C9H17N3O/c1-3-13-7-4-9(5-7)6-11-8(10)12(9)2/h7H,3-6H2,1-2H3,(H2,10,11). The van der Waals surface area contributed by atoms with Crippen LogP contribution in [0.3, 0.4) is 0 Å². The summed E-state index contributed by atoms with van der Waals surface area (Å²) in [5.74, 6) is 0.676. The summed E-state index contributed by atoms with van der Waals surface area (Å²) in [6, 6.07) is 0. The minimum Gasteiger partial charge on any atom is -0.378 e. The Labute approximate surface area is 78.8 Å². The fourth-order valence-electron chi connectivity index (χ4n) is 2.23. The predicted molar refractivity (Wildman–Crippen MR) is 51.6 cm³/mol. The third kappa shape index (κ3) is 1.20. The molecule has 0 radical (unpaired) electrons. The summed E-state index contributed by atoms with van der Waals surface area (Å²) in [6.45, 7) is 3.69. The summed E-state index contributed by atoms with van der Waals surface area (Å²) in [7, 11) is 2.02. The maximum atomic E-state index is 5.72. The molecule has 4 nitrogen and oxygen atoms in total. The van der Waals surface area contributed by atoms with Gasteiger partial charge < -0.3 is 15.4 Å². The number of guanidine groups is 1. The molecule has 0 atom stereocenters. The van der Waals surface area contributed by atoms with Crippen LogP contribution in [0.5, 0.6) is 0 Å². The quantitative estimate of drug-likeness (QED) is 0.664. The van der Waals surface area contributed by atoms with Gasteiger partial charge in [0.05, 0.1) is 18.2 Å². The van der Waals surface area contributed by atoms with Crippen LogP contribution in [-0.4, -0.2) is 42.7 Å². The highest BCUT2D eigenvalue weighted by molar-refractivity contribution is 5.81. The molecule has 1 spiro atoms. The van der Waals surface area contributed by atoms with Gasteiger partial charge in [0, 0.05) is 13.7 Å². The minimum absolute atomic E-state index is 0.198. The number of aliphatic imine (C=N–C) groups is 1.